The molecule has 2 N–H and O–H groups in total. The zero-order chi connectivity index (χ0) is 24.5. The largest absolute Gasteiger partial charge is 0.396 e. The second-order valence-corrected chi connectivity index (χ2v) is 9.60. The van der Waals surface area contributed by atoms with Crippen molar-refractivity contribution in [2.75, 3.05) is 26.4 Å². The quantitative estimate of drug-likeness (QED) is 0.518. The molecular formula is C26H46O7. The molecule has 0 amide bonds. The molecule has 3 aliphatic rings. The van der Waals surface area contributed by atoms with Gasteiger partial charge in [0.2, 0.25) is 0 Å². The SMILES string of the molecule is CCCC(CO)CO.CCCC1COC(C2CCC(=O)CC2)OC1.O=CC1CCC(=O)CC1. The predicted molar refractivity (Wildman–Crippen MR) is 127 cm³/mol. The number of rotatable bonds is 8. The Morgan fingerprint density at radius 1 is 0.879 bits per heavy atom. The van der Waals surface area contributed by atoms with Crippen LogP contribution in [0.5, 0.6) is 0 Å². The zero-order valence-corrected chi connectivity index (χ0v) is 20.7. The first-order chi connectivity index (χ1) is 16.0. The van der Waals surface area contributed by atoms with E-state index < -0.39 is 0 Å². The minimum Gasteiger partial charge on any atom is -0.396 e. The Morgan fingerprint density at radius 3 is 1.79 bits per heavy atom. The van der Waals surface area contributed by atoms with Crippen LogP contribution >= 0.6 is 0 Å². The molecule has 0 radical (unpaired) electrons. The maximum absolute atomic E-state index is 11.1. The summed E-state index contributed by atoms with van der Waals surface area (Å²) in [6.07, 6.45) is 11.4. The van der Waals surface area contributed by atoms with E-state index >= 15 is 0 Å². The molecule has 0 aromatic rings. The van der Waals surface area contributed by atoms with Crippen molar-refractivity contribution in [2.24, 2.45) is 23.7 Å². The third-order valence-corrected chi connectivity index (χ3v) is 6.66. The first-order valence-electron chi connectivity index (χ1n) is 12.9. The average molecular weight is 471 g/mol. The molecule has 7 nitrogen and oxygen atoms in total. The average Bonchev–Trinajstić information content (AvgIpc) is 2.85. The maximum Gasteiger partial charge on any atom is 0.160 e. The van der Waals surface area contributed by atoms with E-state index in [0.29, 0.717) is 49.1 Å². The number of hydrogen-bond donors (Lipinski definition) is 2. The van der Waals surface area contributed by atoms with Gasteiger partial charge in [0.15, 0.2) is 6.29 Å². The highest BCUT2D eigenvalue weighted by Gasteiger charge is 2.31. The number of aldehydes is 1. The van der Waals surface area contributed by atoms with Crippen molar-refractivity contribution in [1.29, 1.82) is 0 Å². The molecule has 2 saturated carbocycles. The van der Waals surface area contributed by atoms with Crippen molar-refractivity contribution in [3.8, 4) is 0 Å². The molecule has 2 aliphatic carbocycles. The van der Waals surface area contributed by atoms with Gasteiger partial charge in [-0.1, -0.05) is 26.7 Å². The highest BCUT2D eigenvalue weighted by atomic mass is 16.7. The summed E-state index contributed by atoms with van der Waals surface area (Å²) in [7, 11) is 0. The van der Waals surface area contributed by atoms with Gasteiger partial charge >= 0.3 is 0 Å². The van der Waals surface area contributed by atoms with Gasteiger partial charge in [-0.05, 0) is 38.5 Å². The first-order valence-corrected chi connectivity index (χ1v) is 12.9. The van der Waals surface area contributed by atoms with Crippen molar-refractivity contribution >= 4 is 17.9 Å². The van der Waals surface area contributed by atoms with Crippen LogP contribution in [-0.2, 0) is 23.9 Å². The topological polar surface area (TPSA) is 110 Å². The summed E-state index contributed by atoms with van der Waals surface area (Å²) in [6, 6.07) is 0. The van der Waals surface area contributed by atoms with Gasteiger partial charge in [0.25, 0.3) is 0 Å². The van der Waals surface area contributed by atoms with Crippen LogP contribution in [0, 0.1) is 23.7 Å². The lowest BCUT2D eigenvalue weighted by molar-refractivity contribution is -0.228. The monoisotopic (exact) mass is 470 g/mol. The summed E-state index contributed by atoms with van der Waals surface area (Å²) in [6.45, 7) is 6.14. The van der Waals surface area contributed by atoms with Crippen molar-refractivity contribution in [3.05, 3.63) is 0 Å². The summed E-state index contributed by atoms with van der Waals surface area (Å²) in [4.78, 5) is 31.9. The summed E-state index contributed by atoms with van der Waals surface area (Å²) >= 11 is 0. The Kier molecular flexibility index (Phi) is 16.5. The number of hydrogen-bond acceptors (Lipinski definition) is 7. The highest BCUT2D eigenvalue weighted by molar-refractivity contribution is 5.80. The molecule has 0 aromatic carbocycles. The number of Topliss-reactive ketones (excluding diaryl/α,β-unsaturated/α-hetero) is 2. The predicted octanol–water partition coefficient (Wildman–Crippen LogP) is 3.87. The van der Waals surface area contributed by atoms with Gasteiger partial charge in [-0.15, -0.1) is 0 Å². The van der Waals surface area contributed by atoms with Crippen LogP contribution < -0.4 is 0 Å². The molecule has 1 heterocycles. The van der Waals surface area contributed by atoms with Gasteiger partial charge in [-0.2, -0.15) is 0 Å². The van der Waals surface area contributed by atoms with Crippen LogP contribution in [-0.4, -0.2) is 60.8 Å². The van der Waals surface area contributed by atoms with Crippen molar-refractivity contribution in [1.82, 2.24) is 0 Å². The van der Waals surface area contributed by atoms with Gasteiger partial charge in [-0.25, -0.2) is 0 Å². The molecule has 0 unspecified atom stereocenters. The van der Waals surface area contributed by atoms with Crippen LogP contribution in [0.25, 0.3) is 0 Å². The number of carbonyl (C=O) groups is 3. The van der Waals surface area contributed by atoms with Crippen LogP contribution in [0.15, 0.2) is 0 Å². The molecule has 0 aromatic heterocycles. The zero-order valence-electron chi connectivity index (χ0n) is 20.7. The maximum atomic E-state index is 11.1. The van der Waals surface area contributed by atoms with Crippen LogP contribution in [0.4, 0.5) is 0 Å². The van der Waals surface area contributed by atoms with Crippen LogP contribution in [0.3, 0.4) is 0 Å². The smallest absolute Gasteiger partial charge is 0.160 e. The molecule has 192 valence electrons. The number of ketones is 2. The Bertz CT molecular complexity index is 519. The fourth-order valence-corrected chi connectivity index (χ4v) is 4.39. The number of aliphatic hydroxyl groups is 2. The van der Waals surface area contributed by atoms with E-state index in [0.717, 1.165) is 58.0 Å². The molecule has 3 rings (SSSR count). The van der Waals surface area contributed by atoms with Gasteiger partial charge < -0.3 is 24.5 Å². The van der Waals surface area contributed by atoms with Gasteiger partial charge in [0.05, 0.1) is 13.2 Å². The third kappa shape index (κ3) is 12.8. The van der Waals surface area contributed by atoms with Crippen molar-refractivity contribution < 1.29 is 34.1 Å². The van der Waals surface area contributed by atoms with E-state index in [1.807, 2.05) is 6.92 Å². The third-order valence-electron chi connectivity index (χ3n) is 6.66. The Hall–Kier alpha value is -1.15. The molecule has 0 spiro atoms. The second-order valence-electron chi connectivity index (χ2n) is 9.60. The fourth-order valence-electron chi connectivity index (χ4n) is 4.39. The van der Waals surface area contributed by atoms with E-state index in [-0.39, 0.29) is 31.3 Å². The second kappa shape index (κ2) is 18.2. The minimum absolute atomic E-state index is 0.0405. The molecule has 1 aliphatic heterocycles. The highest BCUT2D eigenvalue weighted by Crippen LogP contribution is 2.30. The lowest BCUT2D eigenvalue weighted by atomic mass is 9.87. The minimum atomic E-state index is -0.0405. The normalized spacial score (nSPS) is 24.5. The Morgan fingerprint density at radius 2 is 1.39 bits per heavy atom. The fraction of sp³-hybridized carbons (Fsp3) is 0.885. The molecule has 33 heavy (non-hydrogen) atoms. The Balaban J connectivity index is 0.000000273. The molecule has 7 heteroatoms. The van der Waals surface area contributed by atoms with E-state index in [2.05, 4.69) is 6.92 Å². The Labute approximate surface area is 199 Å². The summed E-state index contributed by atoms with van der Waals surface area (Å²) in [5, 5.41) is 17.0. The summed E-state index contributed by atoms with van der Waals surface area (Å²) in [5.74, 6) is 2.01. The molecule has 1 saturated heterocycles. The standard InChI is InChI=1S/C13H22O3.C7H10O2.C6H14O2/c1-2-3-10-8-15-13(16-9-10)11-4-6-12(14)7-5-11;8-5-6-1-3-7(9)4-2-6;1-2-3-6(4-7)5-8/h10-11,13H,2-9H2,1H3;5-6H,1-4H2;6-8H,2-5H2,1H3. The van der Waals surface area contributed by atoms with Crippen LogP contribution in [0.2, 0.25) is 0 Å². The number of ether oxygens (including phenoxy) is 2. The summed E-state index contributed by atoms with van der Waals surface area (Å²) in [5.41, 5.74) is 0. The van der Waals surface area contributed by atoms with Crippen molar-refractivity contribution in [3.63, 3.8) is 0 Å². The van der Waals surface area contributed by atoms with Gasteiger partial charge in [-0.3, -0.25) is 9.59 Å². The molecule has 0 bridgehead atoms. The van der Waals surface area contributed by atoms with E-state index in [1.54, 1.807) is 0 Å². The van der Waals surface area contributed by atoms with Gasteiger partial charge in [0, 0.05) is 62.6 Å². The number of carbonyl (C=O) groups excluding carboxylic acids is 3. The van der Waals surface area contributed by atoms with Crippen molar-refractivity contribution in [2.45, 2.75) is 97.2 Å². The lowest BCUT2D eigenvalue weighted by Gasteiger charge is -2.35. The lowest BCUT2D eigenvalue weighted by Crippen LogP contribution is -2.38. The molecule has 0 atom stereocenters. The number of aliphatic hydroxyl groups excluding tert-OH is 2. The molecule has 3 fully saturated rings. The van der Waals surface area contributed by atoms with E-state index in [4.69, 9.17) is 19.7 Å². The van der Waals surface area contributed by atoms with Crippen LogP contribution in [0.1, 0.15) is 90.9 Å². The first kappa shape index (κ1) is 29.9. The summed E-state index contributed by atoms with van der Waals surface area (Å²) < 4.78 is 11.6. The molecular weight excluding hydrogens is 424 g/mol. The van der Waals surface area contributed by atoms with Gasteiger partial charge in [0.1, 0.15) is 17.9 Å². The van der Waals surface area contributed by atoms with E-state index in [9.17, 15) is 14.4 Å². The van der Waals surface area contributed by atoms with E-state index in [1.165, 1.54) is 12.8 Å².